The molecule has 0 spiro atoms. The minimum Gasteiger partial charge on any atom is -0.342 e. The van der Waals surface area contributed by atoms with Gasteiger partial charge in [0.2, 0.25) is 17.7 Å². The molecule has 4 rings (SSSR count). The molecule has 2 fully saturated rings. The van der Waals surface area contributed by atoms with Gasteiger partial charge in [0.05, 0.1) is 5.92 Å². The number of carbonyl (C=O) groups excluding carboxylic acids is 3. The van der Waals surface area contributed by atoms with Gasteiger partial charge in [0.15, 0.2) is 0 Å². The van der Waals surface area contributed by atoms with Gasteiger partial charge in [0.25, 0.3) is 0 Å². The Morgan fingerprint density at radius 3 is 2.41 bits per heavy atom. The average molecular weight is 453 g/mol. The van der Waals surface area contributed by atoms with E-state index in [-0.39, 0.29) is 36.0 Å². The molecule has 2 aliphatic heterocycles. The monoisotopic (exact) mass is 452 g/mol. The Labute approximate surface area is 192 Å². The number of rotatable bonds is 5. The molecule has 1 unspecified atom stereocenters. The normalized spacial score (nSPS) is 19.3. The van der Waals surface area contributed by atoms with Crippen molar-refractivity contribution < 1.29 is 14.4 Å². The largest absolute Gasteiger partial charge is 0.342 e. The van der Waals surface area contributed by atoms with Gasteiger partial charge < -0.3 is 15.1 Å². The first-order chi connectivity index (χ1) is 15.4. The summed E-state index contributed by atoms with van der Waals surface area (Å²) in [6, 6.07) is 11.6. The molecule has 32 heavy (non-hydrogen) atoms. The molecule has 0 saturated carbocycles. The SMILES string of the molecule is CSc1ccc(N2CC(C(=O)N3CCC(C(=O)Nc4ccc(C)cn4)CC3)CC2=O)cc1. The number of pyridine rings is 1. The first kappa shape index (κ1) is 22.3. The van der Waals surface area contributed by atoms with Crippen molar-refractivity contribution in [2.75, 3.05) is 36.1 Å². The van der Waals surface area contributed by atoms with E-state index in [9.17, 15) is 14.4 Å². The number of likely N-dealkylation sites (tertiary alicyclic amines) is 1. The van der Waals surface area contributed by atoms with Gasteiger partial charge in [-0.1, -0.05) is 6.07 Å². The molecule has 3 amide bonds. The first-order valence-corrected chi connectivity index (χ1v) is 12.1. The lowest BCUT2D eigenvalue weighted by atomic mass is 9.94. The van der Waals surface area contributed by atoms with Crippen molar-refractivity contribution in [1.29, 1.82) is 0 Å². The highest BCUT2D eigenvalue weighted by atomic mass is 32.2. The Hall–Kier alpha value is -2.87. The molecule has 7 nitrogen and oxygen atoms in total. The van der Waals surface area contributed by atoms with Gasteiger partial charge in [-0.05, 0) is 61.9 Å². The van der Waals surface area contributed by atoms with E-state index in [2.05, 4.69) is 10.3 Å². The third-order valence-electron chi connectivity index (χ3n) is 6.20. The first-order valence-electron chi connectivity index (χ1n) is 10.9. The molecule has 2 aliphatic rings. The van der Waals surface area contributed by atoms with Gasteiger partial charge in [0.1, 0.15) is 5.82 Å². The maximum atomic E-state index is 13.1. The number of hydrogen-bond acceptors (Lipinski definition) is 5. The molecule has 2 saturated heterocycles. The van der Waals surface area contributed by atoms with Crippen LogP contribution in [-0.2, 0) is 14.4 Å². The van der Waals surface area contributed by atoms with Crippen molar-refractivity contribution in [3.8, 4) is 0 Å². The highest BCUT2D eigenvalue weighted by Crippen LogP contribution is 2.29. The van der Waals surface area contributed by atoms with Crippen LogP contribution in [0.1, 0.15) is 24.8 Å². The van der Waals surface area contributed by atoms with E-state index in [4.69, 9.17) is 0 Å². The number of nitrogens with one attached hydrogen (secondary N) is 1. The summed E-state index contributed by atoms with van der Waals surface area (Å²) >= 11 is 1.65. The van der Waals surface area contributed by atoms with Crippen molar-refractivity contribution in [3.05, 3.63) is 48.2 Å². The van der Waals surface area contributed by atoms with Crippen LogP contribution in [0.4, 0.5) is 11.5 Å². The zero-order valence-corrected chi connectivity index (χ0v) is 19.2. The number of aryl methyl sites for hydroxylation is 1. The van der Waals surface area contributed by atoms with Crippen LogP contribution in [-0.4, -0.2) is 53.5 Å². The Morgan fingerprint density at radius 1 is 1.06 bits per heavy atom. The van der Waals surface area contributed by atoms with E-state index in [0.717, 1.165) is 16.1 Å². The van der Waals surface area contributed by atoms with Crippen LogP contribution < -0.4 is 10.2 Å². The molecule has 0 bridgehead atoms. The molecule has 8 heteroatoms. The van der Waals surface area contributed by atoms with E-state index in [0.29, 0.717) is 38.3 Å². The smallest absolute Gasteiger partial charge is 0.228 e. The fourth-order valence-corrected chi connectivity index (χ4v) is 4.68. The van der Waals surface area contributed by atoms with Crippen molar-refractivity contribution in [2.24, 2.45) is 11.8 Å². The maximum Gasteiger partial charge on any atom is 0.228 e. The number of piperidine rings is 1. The molecule has 1 aromatic heterocycles. The predicted octanol–water partition coefficient (Wildman–Crippen LogP) is 3.34. The summed E-state index contributed by atoms with van der Waals surface area (Å²) in [5.74, 6) is 0.0306. The van der Waals surface area contributed by atoms with E-state index in [1.807, 2.05) is 48.4 Å². The van der Waals surface area contributed by atoms with Gasteiger partial charge in [-0.3, -0.25) is 14.4 Å². The summed E-state index contributed by atoms with van der Waals surface area (Å²) in [6.45, 7) is 3.43. The van der Waals surface area contributed by atoms with Crippen LogP contribution in [0.15, 0.2) is 47.5 Å². The second-order valence-electron chi connectivity index (χ2n) is 8.41. The number of carbonyl (C=O) groups is 3. The summed E-state index contributed by atoms with van der Waals surface area (Å²) in [4.78, 5) is 47.1. The van der Waals surface area contributed by atoms with Gasteiger partial charge >= 0.3 is 0 Å². The summed E-state index contributed by atoms with van der Waals surface area (Å²) in [6.07, 6.45) is 5.20. The Kier molecular flexibility index (Phi) is 6.79. The maximum absolute atomic E-state index is 13.1. The number of thioether (sulfide) groups is 1. The van der Waals surface area contributed by atoms with Gasteiger partial charge in [-0.25, -0.2) is 4.98 Å². The molecule has 0 radical (unpaired) electrons. The third kappa shape index (κ3) is 4.96. The topological polar surface area (TPSA) is 82.6 Å². The lowest BCUT2D eigenvalue weighted by molar-refractivity contribution is -0.138. The van der Waals surface area contributed by atoms with Crippen molar-refractivity contribution in [3.63, 3.8) is 0 Å². The number of hydrogen-bond donors (Lipinski definition) is 1. The van der Waals surface area contributed by atoms with Crippen LogP contribution in [0.2, 0.25) is 0 Å². The van der Waals surface area contributed by atoms with E-state index in [1.165, 1.54) is 0 Å². The molecule has 1 aromatic carbocycles. The molecule has 1 N–H and O–H groups in total. The quantitative estimate of drug-likeness (QED) is 0.704. The highest BCUT2D eigenvalue weighted by Gasteiger charge is 2.38. The number of nitrogens with zero attached hydrogens (tertiary/aromatic N) is 3. The summed E-state index contributed by atoms with van der Waals surface area (Å²) in [5.41, 5.74) is 1.87. The van der Waals surface area contributed by atoms with Crippen LogP contribution >= 0.6 is 11.8 Å². The van der Waals surface area contributed by atoms with E-state index < -0.39 is 0 Å². The van der Waals surface area contributed by atoms with Crippen LogP contribution in [0.5, 0.6) is 0 Å². The lowest BCUT2D eigenvalue weighted by Gasteiger charge is -2.32. The van der Waals surface area contributed by atoms with Crippen molar-refractivity contribution in [2.45, 2.75) is 31.1 Å². The standard InChI is InChI=1S/C24H28N4O3S/c1-16-3-8-21(25-14-16)26-23(30)17-9-11-27(12-10-17)24(31)18-13-22(29)28(15-18)19-4-6-20(32-2)7-5-19/h3-8,14,17-18H,9-13,15H2,1-2H3,(H,25,26,30). The fraction of sp³-hybridized carbons (Fsp3) is 0.417. The zero-order valence-electron chi connectivity index (χ0n) is 18.4. The number of amides is 3. The molecule has 168 valence electrons. The molecular formula is C24H28N4O3S. The van der Waals surface area contributed by atoms with E-state index in [1.54, 1.807) is 28.9 Å². The van der Waals surface area contributed by atoms with Crippen molar-refractivity contribution in [1.82, 2.24) is 9.88 Å². The second-order valence-corrected chi connectivity index (χ2v) is 9.29. The predicted molar refractivity (Wildman–Crippen MR) is 126 cm³/mol. The minimum atomic E-state index is -0.329. The number of benzene rings is 1. The van der Waals surface area contributed by atoms with Gasteiger partial charge in [-0.2, -0.15) is 0 Å². The Bertz CT molecular complexity index is 985. The minimum absolute atomic E-state index is 0.0138. The van der Waals surface area contributed by atoms with E-state index >= 15 is 0 Å². The number of aromatic nitrogens is 1. The average Bonchev–Trinajstić information content (AvgIpc) is 3.21. The molecular weight excluding hydrogens is 424 g/mol. The summed E-state index contributed by atoms with van der Waals surface area (Å²) in [5, 5.41) is 2.87. The number of anilines is 2. The van der Waals surface area contributed by atoms with Crippen LogP contribution in [0, 0.1) is 18.8 Å². The Morgan fingerprint density at radius 2 is 1.78 bits per heavy atom. The summed E-state index contributed by atoms with van der Waals surface area (Å²) in [7, 11) is 0. The molecule has 3 heterocycles. The molecule has 0 aliphatic carbocycles. The lowest BCUT2D eigenvalue weighted by Crippen LogP contribution is -2.44. The zero-order chi connectivity index (χ0) is 22.7. The summed E-state index contributed by atoms with van der Waals surface area (Å²) < 4.78 is 0. The van der Waals surface area contributed by atoms with Gasteiger partial charge in [-0.15, -0.1) is 11.8 Å². The van der Waals surface area contributed by atoms with Crippen LogP contribution in [0.25, 0.3) is 0 Å². The Balaban J connectivity index is 1.29. The highest BCUT2D eigenvalue weighted by molar-refractivity contribution is 7.98. The third-order valence-corrected chi connectivity index (χ3v) is 6.94. The fourth-order valence-electron chi connectivity index (χ4n) is 4.28. The molecule has 2 aromatic rings. The molecule has 1 atom stereocenters. The van der Waals surface area contributed by atoms with Crippen molar-refractivity contribution >= 4 is 41.0 Å². The van der Waals surface area contributed by atoms with Crippen LogP contribution in [0.3, 0.4) is 0 Å². The second kappa shape index (κ2) is 9.73. The van der Waals surface area contributed by atoms with Gasteiger partial charge in [0, 0.05) is 48.8 Å².